The Morgan fingerprint density at radius 3 is 1.76 bits per heavy atom. The van der Waals surface area contributed by atoms with E-state index in [1.54, 1.807) is 0 Å². The topological polar surface area (TPSA) is 74.6 Å². The summed E-state index contributed by atoms with van der Waals surface area (Å²) in [6.07, 6.45) is 15.7. The smallest absolute Gasteiger partial charge is 1.00 e. The molecule has 6 heteroatoms. The summed E-state index contributed by atoms with van der Waals surface area (Å²) in [5.74, 6) is 6.10. The Morgan fingerprint density at radius 1 is 0.840 bits per heavy atom. The predicted molar refractivity (Wildman–Crippen MR) is 99.5 cm³/mol. The molecule has 0 heterocycles. The summed E-state index contributed by atoms with van der Waals surface area (Å²) < 4.78 is 29.7. The van der Waals surface area contributed by atoms with Gasteiger partial charge in [-0.25, -0.2) is 0 Å². The Balaban J connectivity index is 0. The predicted octanol–water partition coefficient (Wildman–Crippen LogP) is 1.59. The molecule has 0 aliphatic heterocycles. The molecule has 0 radical (unpaired) electrons. The van der Waals surface area contributed by atoms with Crippen LogP contribution in [-0.4, -0.2) is 29.4 Å². The third-order valence-corrected chi connectivity index (χ3v) is 5.51. The molecular formula is C19H35NaO4S. The second kappa shape index (κ2) is 14.5. The van der Waals surface area contributed by atoms with E-state index in [4.69, 9.17) is 4.55 Å². The molecule has 25 heavy (non-hydrogen) atoms. The maximum Gasteiger partial charge on any atom is 1.00 e. The van der Waals surface area contributed by atoms with Gasteiger partial charge < -0.3 is 6.53 Å². The van der Waals surface area contributed by atoms with Gasteiger partial charge in [-0.3, -0.25) is 4.55 Å². The zero-order valence-corrected chi connectivity index (χ0v) is 18.7. The Bertz CT molecular complexity index is 493. The first-order chi connectivity index (χ1) is 11.4. The molecule has 0 unspecified atom stereocenters. The average Bonchev–Trinajstić information content (AvgIpc) is 2.93. The first-order valence-electron chi connectivity index (χ1n) is 9.59. The summed E-state index contributed by atoms with van der Waals surface area (Å²) in [7, 11) is -3.77. The molecule has 0 aromatic rings. The van der Waals surface area contributed by atoms with Crippen molar-refractivity contribution in [1.82, 2.24) is 0 Å². The first kappa shape index (κ1) is 25.4. The third kappa shape index (κ3) is 15.2. The van der Waals surface area contributed by atoms with Crippen LogP contribution in [0.4, 0.5) is 0 Å². The van der Waals surface area contributed by atoms with E-state index in [9.17, 15) is 13.5 Å². The molecule has 2 N–H and O–H groups in total. The van der Waals surface area contributed by atoms with Gasteiger partial charge >= 0.3 is 29.6 Å². The van der Waals surface area contributed by atoms with Gasteiger partial charge in [0.15, 0.2) is 0 Å². The van der Waals surface area contributed by atoms with Gasteiger partial charge in [0.25, 0.3) is 10.1 Å². The second-order valence-electron chi connectivity index (χ2n) is 7.11. The maximum absolute atomic E-state index is 10.5. The van der Waals surface area contributed by atoms with Crippen molar-refractivity contribution in [3.05, 3.63) is 0 Å². The van der Waals surface area contributed by atoms with Crippen LogP contribution in [0, 0.1) is 11.8 Å². The third-order valence-electron chi connectivity index (χ3n) is 4.71. The van der Waals surface area contributed by atoms with Crippen LogP contribution in [0.25, 0.3) is 0 Å². The zero-order valence-electron chi connectivity index (χ0n) is 16.9. The molecule has 142 valence electrons. The molecule has 0 amide bonds. The van der Waals surface area contributed by atoms with Gasteiger partial charge in [-0.1, -0.05) is 57.3 Å². The SMILES string of the molecule is O=S(=O)(O)CCCCCCCCCCCCC#CC1(O)CCCC1.[H-].[Na+]. The van der Waals surface area contributed by atoms with E-state index in [1.165, 1.54) is 32.1 Å². The molecule has 0 spiro atoms. The zero-order chi connectivity index (χ0) is 17.7. The van der Waals surface area contributed by atoms with E-state index < -0.39 is 15.7 Å². The molecule has 0 atom stereocenters. The second-order valence-corrected chi connectivity index (χ2v) is 8.68. The number of unbranched alkanes of at least 4 members (excludes halogenated alkanes) is 10. The molecule has 0 bridgehead atoms. The summed E-state index contributed by atoms with van der Waals surface area (Å²) in [4.78, 5) is 0. The fourth-order valence-corrected chi connectivity index (χ4v) is 3.79. The number of aliphatic hydroxyl groups is 1. The largest absolute Gasteiger partial charge is 1.00 e. The van der Waals surface area contributed by atoms with Crippen LogP contribution in [0.1, 0.15) is 97.7 Å². The van der Waals surface area contributed by atoms with Gasteiger partial charge in [0, 0.05) is 6.42 Å². The van der Waals surface area contributed by atoms with Crippen LogP contribution in [0.5, 0.6) is 0 Å². The minimum absolute atomic E-state index is 0. The van der Waals surface area contributed by atoms with Crippen LogP contribution >= 0.6 is 0 Å². The van der Waals surface area contributed by atoms with Crippen LogP contribution in [-0.2, 0) is 10.1 Å². The molecule has 4 nitrogen and oxygen atoms in total. The molecule has 1 aliphatic carbocycles. The summed E-state index contributed by atoms with van der Waals surface area (Å²) in [6.45, 7) is 0. The monoisotopic (exact) mass is 382 g/mol. The van der Waals surface area contributed by atoms with Crippen LogP contribution in [0.3, 0.4) is 0 Å². The van der Waals surface area contributed by atoms with Crippen LogP contribution < -0.4 is 29.6 Å². The van der Waals surface area contributed by atoms with Crippen LogP contribution in [0.15, 0.2) is 0 Å². The number of hydrogen-bond donors (Lipinski definition) is 2. The first-order valence-corrected chi connectivity index (χ1v) is 11.2. The quantitative estimate of drug-likeness (QED) is 0.233. The standard InChI is InChI=1S/C19H34O4S.Na.H/c20-19(16-12-13-17-19)15-11-9-7-5-3-1-2-4-6-8-10-14-18-24(21,22)23;;/h20H,1-10,12-14,16-18H2,(H,21,22,23);;/q;+1;-1. The van der Waals surface area contributed by atoms with Gasteiger partial charge in [0.2, 0.25) is 0 Å². The number of rotatable bonds is 12. The summed E-state index contributed by atoms with van der Waals surface area (Å²) in [5.41, 5.74) is -0.679. The van der Waals surface area contributed by atoms with Crippen molar-refractivity contribution in [3.8, 4) is 11.8 Å². The maximum atomic E-state index is 10.5. The fourth-order valence-electron chi connectivity index (χ4n) is 3.22. The molecular weight excluding hydrogens is 347 g/mol. The van der Waals surface area contributed by atoms with E-state index >= 15 is 0 Å². The van der Waals surface area contributed by atoms with Gasteiger partial charge in [-0.05, 0) is 38.5 Å². The summed E-state index contributed by atoms with van der Waals surface area (Å²) in [6, 6.07) is 0. The molecule has 0 saturated heterocycles. The van der Waals surface area contributed by atoms with E-state index in [0.717, 1.165) is 57.8 Å². The molecule has 1 fully saturated rings. The Morgan fingerprint density at radius 2 is 1.28 bits per heavy atom. The molecule has 1 saturated carbocycles. The van der Waals surface area contributed by atoms with Crippen molar-refractivity contribution in [3.63, 3.8) is 0 Å². The Kier molecular flexibility index (Phi) is 14.7. The molecule has 0 aromatic carbocycles. The average molecular weight is 383 g/mol. The van der Waals surface area contributed by atoms with Gasteiger partial charge in [-0.15, -0.1) is 5.92 Å². The normalized spacial score (nSPS) is 16.1. The van der Waals surface area contributed by atoms with Crippen molar-refractivity contribution < 1.29 is 49.1 Å². The molecule has 1 aliphatic rings. The summed E-state index contributed by atoms with van der Waals surface area (Å²) >= 11 is 0. The Hall–Kier alpha value is 0.430. The van der Waals surface area contributed by atoms with Crippen molar-refractivity contribution in [2.75, 3.05) is 5.75 Å². The van der Waals surface area contributed by atoms with Gasteiger partial charge in [-0.2, -0.15) is 8.42 Å². The number of hydrogen-bond acceptors (Lipinski definition) is 3. The van der Waals surface area contributed by atoms with E-state index in [2.05, 4.69) is 11.8 Å². The van der Waals surface area contributed by atoms with E-state index in [1.807, 2.05) is 0 Å². The Labute approximate surface area is 178 Å². The van der Waals surface area contributed by atoms with Crippen molar-refractivity contribution in [2.45, 2.75) is 102 Å². The van der Waals surface area contributed by atoms with Crippen molar-refractivity contribution in [2.24, 2.45) is 0 Å². The van der Waals surface area contributed by atoms with Crippen LogP contribution in [0.2, 0.25) is 0 Å². The minimum Gasteiger partial charge on any atom is -1.00 e. The van der Waals surface area contributed by atoms with Crippen molar-refractivity contribution >= 4 is 10.1 Å². The van der Waals surface area contributed by atoms with Gasteiger partial charge in [0.1, 0.15) is 5.60 Å². The molecule has 1 rings (SSSR count). The fraction of sp³-hybridized carbons (Fsp3) is 0.895. The van der Waals surface area contributed by atoms with Crippen molar-refractivity contribution in [1.29, 1.82) is 0 Å². The summed E-state index contributed by atoms with van der Waals surface area (Å²) in [5, 5.41) is 10.1. The van der Waals surface area contributed by atoms with E-state index in [0.29, 0.717) is 6.42 Å². The molecule has 0 aromatic heterocycles. The minimum atomic E-state index is -3.77. The van der Waals surface area contributed by atoms with E-state index in [-0.39, 0.29) is 36.7 Å². The van der Waals surface area contributed by atoms with Gasteiger partial charge in [0.05, 0.1) is 5.75 Å².